The maximum absolute atomic E-state index is 5.83. The molecule has 0 fully saturated rings. The Morgan fingerprint density at radius 3 is 2.40 bits per heavy atom. The van der Waals surface area contributed by atoms with Crippen LogP contribution in [0.15, 0.2) is 36.4 Å². The van der Waals surface area contributed by atoms with E-state index in [2.05, 4.69) is 62.5 Å². The predicted molar refractivity (Wildman–Crippen MR) is 86.6 cm³/mol. The van der Waals surface area contributed by atoms with Crippen LogP contribution in [0.25, 0.3) is 0 Å². The Bertz CT molecular complexity index is 516. The Labute approximate surface area is 125 Å². The summed E-state index contributed by atoms with van der Waals surface area (Å²) in [6.45, 7) is 9.13. The third-order valence-corrected chi connectivity index (χ3v) is 4.25. The molecule has 0 saturated heterocycles. The van der Waals surface area contributed by atoms with Gasteiger partial charge in [-0.15, -0.1) is 11.3 Å². The molecule has 1 aromatic heterocycles. The minimum Gasteiger partial charge on any atom is -0.488 e. The number of hydrogen-bond acceptors (Lipinski definition) is 3. The molecule has 1 N–H and O–H groups in total. The minimum absolute atomic E-state index is 0.565. The number of rotatable bonds is 7. The molecule has 0 saturated carbocycles. The molecule has 1 aromatic carbocycles. The van der Waals surface area contributed by atoms with Crippen LogP contribution in [0, 0.1) is 0 Å². The smallest absolute Gasteiger partial charge is 0.122 e. The molecule has 0 aliphatic rings. The van der Waals surface area contributed by atoms with Crippen molar-refractivity contribution in [3.63, 3.8) is 0 Å². The zero-order valence-electron chi connectivity index (χ0n) is 12.5. The van der Waals surface area contributed by atoms with Crippen molar-refractivity contribution in [1.82, 2.24) is 5.32 Å². The molecule has 0 unspecified atom stereocenters. The van der Waals surface area contributed by atoms with Gasteiger partial charge in [0.15, 0.2) is 0 Å². The first-order chi connectivity index (χ1) is 9.69. The van der Waals surface area contributed by atoms with Crippen LogP contribution in [0.1, 0.15) is 42.0 Å². The van der Waals surface area contributed by atoms with Gasteiger partial charge < -0.3 is 10.1 Å². The molecule has 2 rings (SSSR count). The standard InChI is InChI=1S/C17H23NOS/c1-4-18-11-16-9-10-17(20-16)12-19-15-7-5-14(6-8-15)13(2)3/h5-10,13,18H,4,11-12H2,1-3H3. The quantitative estimate of drug-likeness (QED) is 0.806. The maximum Gasteiger partial charge on any atom is 0.122 e. The molecule has 0 aliphatic heterocycles. The van der Waals surface area contributed by atoms with Crippen molar-refractivity contribution in [1.29, 1.82) is 0 Å². The van der Waals surface area contributed by atoms with E-state index in [0.717, 1.165) is 18.8 Å². The van der Waals surface area contributed by atoms with Crippen molar-refractivity contribution < 1.29 is 4.74 Å². The highest BCUT2D eigenvalue weighted by Crippen LogP contribution is 2.21. The molecule has 2 nitrogen and oxygen atoms in total. The summed E-state index contributed by atoms with van der Waals surface area (Å²) in [6.07, 6.45) is 0. The SMILES string of the molecule is CCNCc1ccc(COc2ccc(C(C)C)cc2)s1. The van der Waals surface area contributed by atoms with Gasteiger partial charge in [-0.2, -0.15) is 0 Å². The van der Waals surface area contributed by atoms with Crippen molar-refractivity contribution >= 4 is 11.3 Å². The van der Waals surface area contributed by atoms with Gasteiger partial charge >= 0.3 is 0 Å². The van der Waals surface area contributed by atoms with Crippen molar-refractivity contribution in [3.8, 4) is 5.75 Å². The monoisotopic (exact) mass is 289 g/mol. The summed E-state index contributed by atoms with van der Waals surface area (Å²) in [5.41, 5.74) is 1.35. The first kappa shape index (κ1) is 15.1. The molecular weight excluding hydrogens is 266 g/mol. The van der Waals surface area contributed by atoms with Crippen LogP contribution < -0.4 is 10.1 Å². The summed E-state index contributed by atoms with van der Waals surface area (Å²) in [6, 6.07) is 12.7. The summed E-state index contributed by atoms with van der Waals surface area (Å²) in [5.74, 6) is 1.51. The fourth-order valence-corrected chi connectivity index (χ4v) is 2.85. The molecule has 3 heteroatoms. The van der Waals surface area contributed by atoms with Gasteiger partial charge in [0, 0.05) is 16.3 Å². The topological polar surface area (TPSA) is 21.3 Å². The van der Waals surface area contributed by atoms with Crippen molar-refractivity contribution in [2.75, 3.05) is 6.54 Å². The van der Waals surface area contributed by atoms with E-state index >= 15 is 0 Å². The van der Waals surface area contributed by atoms with E-state index in [1.165, 1.54) is 15.3 Å². The van der Waals surface area contributed by atoms with Crippen LogP contribution in [-0.2, 0) is 13.2 Å². The second kappa shape index (κ2) is 7.46. The van der Waals surface area contributed by atoms with Crippen LogP contribution in [0.5, 0.6) is 5.75 Å². The first-order valence-corrected chi connectivity index (χ1v) is 8.01. The summed E-state index contributed by atoms with van der Waals surface area (Å²) < 4.78 is 5.83. The lowest BCUT2D eigenvalue weighted by molar-refractivity contribution is 0.309. The molecule has 0 radical (unpaired) electrons. The second-order valence-corrected chi connectivity index (χ2v) is 6.41. The van der Waals surface area contributed by atoms with Crippen LogP contribution >= 0.6 is 11.3 Å². The summed E-state index contributed by atoms with van der Waals surface area (Å²) in [5, 5.41) is 3.34. The number of hydrogen-bond donors (Lipinski definition) is 1. The minimum atomic E-state index is 0.565. The first-order valence-electron chi connectivity index (χ1n) is 7.20. The van der Waals surface area contributed by atoms with Gasteiger partial charge in [0.2, 0.25) is 0 Å². The lowest BCUT2D eigenvalue weighted by Crippen LogP contribution is -2.10. The van der Waals surface area contributed by atoms with Gasteiger partial charge in [-0.3, -0.25) is 0 Å². The van der Waals surface area contributed by atoms with Gasteiger partial charge in [-0.05, 0) is 42.3 Å². The molecule has 0 atom stereocenters. The van der Waals surface area contributed by atoms with Crippen LogP contribution in [0.2, 0.25) is 0 Å². The summed E-state index contributed by atoms with van der Waals surface area (Å²) in [7, 11) is 0. The van der Waals surface area contributed by atoms with Gasteiger partial charge in [0.05, 0.1) is 0 Å². The Hall–Kier alpha value is -1.32. The Morgan fingerprint density at radius 1 is 1.05 bits per heavy atom. The van der Waals surface area contributed by atoms with E-state index in [4.69, 9.17) is 4.74 Å². The largest absolute Gasteiger partial charge is 0.488 e. The van der Waals surface area contributed by atoms with E-state index in [0.29, 0.717) is 12.5 Å². The fraction of sp³-hybridized carbons (Fsp3) is 0.412. The van der Waals surface area contributed by atoms with Crippen molar-refractivity contribution in [2.45, 2.75) is 39.8 Å². The van der Waals surface area contributed by atoms with Gasteiger partial charge in [-0.25, -0.2) is 0 Å². The van der Waals surface area contributed by atoms with E-state index in [-0.39, 0.29) is 0 Å². The number of benzene rings is 1. The molecule has 0 amide bonds. The molecule has 2 aromatic rings. The molecule has 0 spiro atoms. The van der Waals surface area contributed by atoms with E-state index < -0.39 is 0 Å². The van der Waals surface area contributed by atoms with Crippen molar-refractivity contribution in [2.24, 2.45) is 0 Å². The molecule has 1 heterocycles. The van der Waals surface area contributed by atoms with Gasteiger partial charge in [-0.1, -0.05) is 32.9 Å². The van der Waals surface area contributed by atoms with Gasteiger partial charge in [0.25, 0.3) is 0 Å². The van der Waals surface area contributed by atoms with Crippen LogP contribution in [0.4, 0.5) is 0 Å². The highest BCUT2D eigenvalue weighted by molar-refractivity contribution is 7.11. The van der Waals surface area contributed by atoms with Crippen LogP contribution in [-0.4, -0.2) is 6.54 Å². The number of thiophene rings is 1. The molecule has 108 valence electrons. The third-order valence-electron chi connectivity index (χ3n) is 3.19. The third kappa shape index (κ3) is 4.36. The average molecular weight is 289 g/mol. The Balaban J connectivity index is 1.86. The zero-order chi connectivity index (χ0) is 14.4. The number of ether oxygens (including phenoxy) is 1. The summed E-state index contributed by atoms with van der Waals surface area (Å²) in [4.78, 5) is 2.63. The van der Waals surface area contributed by atoms with Gasteiger partial charge in [0.1, 0.15) is 12.4 Å². The fourth-order valence-electron chi connectivity index (χ4n) is 1.95. The van der Waals surface area contributed by atoms with E-state index in [9.17, 15) is 0 Å². The summed E-state index contributed by atoms with van der Waals surface area (Å²) >= 11 is 1.81. The number of nitrogens with one attached hydrogen (secondary N) is 1. The van der Waals surface area contributed by atoms with E-state index in [1.54, 1.807) is 0 Å². The average Bonchev–Trinajstić information content (AvgIpc) is 2.91. The molecular formula is C17H23NOS. The predicted octanol–water partition coefficient (Wildman–Crippen LogP) is 4.56. The maximum atomic E-state index is 5.83. The lowest BCUT2D eigenvalue weighted by Gasteiger charge is -2.08. The second-order valence-electron chi connectivity index (χ2n) is 5.16. The van der Waals surface area contributed by atoms with E-state index in [1.807, 2.05) is 11.3 Å². The Morgan fingerprint density at radius 2 is 1.75 bits per heavy atom. The zero-order valence-corrected chi connectivity index (χ0v) is 13.3. The highest BCUT2D eigenvalue weighted by Gasteiger charge is 2.02. The lowest BCUT2D eigenvalue weighted by atomic mass is 10.0. The Kier molecular flexibility index (Phi) is 5.62. The molecule has 0 bridgehead atoms. The highest BCUT2D eigenvalue weighted by atomic mass is 32.1. The normalized spacial score (nSPS) is 11.0. The molecule has 0 aliphatic carbocycles. The van der Waals surface area contributed by atoms with Crippen molar-refractivity contribution in [3.05, 3.63) is 51.7 Å². The van der Waals surface area contributed by atoms with Crippen LogP contribution in [0.3, 0.4) is 0 Å². The molecule has 20 heavy (non-hydrogen) atoms.